The quantitative estimate of drug-likeness (QED) is 0.445. The van der Waals surface area contributed by atoms with Crippen LogP contribution in [0.5, 0.6) is 5.75 Å². The lowest BCUT2D eigenvalue weighted by Gasteiger charge is -2.25. The first kappa shape index (κ1) is 14.1. The lowest BCUT2D eigenvalue weighted by molar-refractivity contribution is 0.212. The molecule has 0 bridgehead atoms. The van der Waals surface area contributed by atoms with Gasteiger partial charge in [-0.15, -0.1) is 0 Å². The second-order valence-corrected chi connectivity index (χ2v) is 6.16. The van der Waals surface area contributed by atoms with Crippen LogP contribution >= 0.6 is 0 Å². The standard InChI is InChI=1S/C23H16O2/c1-3-9-16(10-4-1)21-15-19-18-13-7-8-14-20(18)24-22(23(19)25-21)17-11-5-2-6-12-17/h1-15,22H. The van der Waals surface area contributed by atoms with E-state index in [4.69, 9.17) is 9.15 Å². The molecule has 0 aliphatic carbocycles. The van der Waals surface area contributed by atoms with Crippen molar-refractivity contribution >= 4 is 0 Å². The third-order valence-electron chi connectivity index (χ3n) is 4.58. The maximum atomic E-state index is 6.30. The smallest absolute Gasteiger partial charge is 0.182 e. The molecular formula is C23H16O2. The molecule has 2 heterocycles. The fraction of sp³-hybridized carbons (Fsp3) is 0.0435. The SMILES string of the molecule is c1ccc(-c2cc3c(o2)C(c2ccccc2)Oc2ccccc2-3)cc1. The van der Waals surface area contributed by atoms with Crippen molar-refractivity contribution in [2.75, 3.05) is 0 Å². The molecule has 25 heavy (non-hydrogen) atoms. The topological polar surface area (TPSA) is 22.4 Å². The van der Waals surface area contributed by atoms with Crippen LogP contribution in [-0.4, -0.2) is 0 Å². The van der Waals surface area contributed by atoms with Crippen molar-refractivity contribution in [2.45, 2.75) is 6.10 Å². The summed E-state index contributed by atoms with van der Waals surface area (Å²) in [4.78, 5) is 0. The van der Waals surface area contributed by atoms with Gasteiger partial charge in [-0.05, 0) is 12.1 Å². The minimum atomic E-state index is -0.233. The number of benzene rings is 3. The second-order valence-electron chi connectivity index (χ2n) is 6.16. The highest BCUT2D eigenvalue weighted by atomic mass is 16.5. The van der Waals surface area contributed by atoms with Crippen LogP contribution in [0, 0.1) is 0 Å². The molecule has 0 saturated carbocycles. The Hall–Kier alpha value is -3.26. The molecule has 120 valence electrons. The molecule has 0 amide bonds. The number of ether oxygens (including phenoxy) is 1. The van der Waals surface area contributed by atoms with Crippen LogP contribution in [-0.2, 0) is 0 Å². The molecule has 0 N–H and O–H groups in total. The summed E-state index contributed by atoms with van der Waals surface area (Å²) in [5, 5.41) is 0. The molecule has 1 unspecified atom stereocenters. The first-order valence-electron chi connectivity index (χ1n) is 8.40. The molecule has 0 radical (unpaired) electrons. The Morgan fingerprint density at radius 1 is 0.640 bits per heavy atom. The van der Waals surface area contributed by atoms with Crippen LogP contribution in [0.3, 0.4) is 0 Å². The fourth-order valence-corrected chi connectivity index (χ4v) is 3.37. The molecule has 1 atom stereocenters. The number of hydrogen-bond donors (Lipinski definition) is 0. The van der Waals surface area contributed by atoms with Crippen LogP contribution < -0.4 is 4.74 Å². The highest BCUT2D eigenvalue weighted by molar-refractivity contribution is 5.78. The number of furan rings is 1. The van der Waals surface area contributed by atoms with Gasteiger partial charge in [-0.2, -0.15) is 0 Å². The van der Waals surface area contributed by atoms with E-state index < -0.39 is 0 Å². The van der Waals surface area contributed by atoms with E-state index in [1.54, 1.807) is 0 Å². The van der Waals surface area contributed by atoms with E-state index in [9.17, 15) is 0 Å². The second kappa shape index (κ2) is 5.67. The monoisotopic (exact) mass is 324 g/mol. The van der Waals surface area contributed by atoms with Crippen molar-refractivity contribution in [3.63, 3.8) is 0 Å². The largest absolute Gasteiger partial charge is 0.477 e. The zero-order chi connectivity index (χ0) is 16.6. The van der Waals surface area contributed by atoms with Gasteiger partial charge in [0.2, 0.25) is 0 Å². The average Bonchev–Trinajstić information content (AvgIpc) is 3.14. The highest BCUT2D eigenvalue weighted by Crippen LogP contribution is 2.47. The summed E-state index contributed by atoms with van der Waals surface area (Å²) >= 11 is 0. The summed E-state index contributed by atoms with van der Waals surface area (Å²) in [6, 6.07) is 30.7. The molecule has 4 aromatic rings. The minimum Gasteiger partial charge on any atom is -0.477 e. The lowest BCUT2D eigenvalue weighted by atomic mass is 9.95. The Labute approximate surface area is 146 Å². The van der Waals surface area contributed by atoms with Gasteiger partial charge < -0.3 is 9.15 Å². The third-order valence-corrected chi connectivity index (χ3v) is 4.58. The summed E-state index contributed by atoms with van der Waals surface area (Å²) in [7, 11) is 0. The Morgan fingerprint density at radius 2 is 1.32 bits per heavy atom. The van der Waals surface area contributed by atoms with E-state index in [-0.39, 0.29) is 6.10 Å². The zero-order valence-electron chi connectivity index (χ0n) is 13.6. The fourth-order valence-electron chi connectivity index (χ4n) is 3.37. The Kier molecular flexibility index (Phi) is 3.20. The summed E-state index contributed by atoms with van der Waals surface area (Å²) in [6.07, 6.45) is -0.233. The predicted octanol–water partition coefficient (Wildman–Crippen LogP) is 6.10. The Bertz CT molecular complexity index is 1020. The van der Waals surface area contributed by atoms with Gasteiger partial charge in [-0.1, -0.05) is 78.9 Å². The molecule has 0 spiro atoms. The first-order chi connectivity index (χ1) is 12.4. The summed E-state index contributed by atoms with van der Waals surface area (Å²) in [6.45, 7) is 0. The van der Waals surface area contributed by atoms with Crippen molar-refractivity contribution in [1.82, 2.24) is 0 Å². The van der Waals surface area contributed by atoms with Crippen molar-refractivity contribution in [1.29, 1.82) is 0 Å². The van der Waals surface area contributed by atoms with Gasteiger partial charge in [0.1, 0.15) is 11.5 Å². The molecular weight excluding hydrogens is 308 g/mol. The molecule has 1 aromatic heterocycles. The van der Waals surface area contributed by atoms with Gasteiger partial charge >= 0.3 is 0 Å². The Balaban J connectivity index is 1.72. The third kappa shape index (κ3) is 2.34. The molecule has 0 fully saturated rings. The number of hydrogen-bond acceptors (Lipinski definition) is 2. The predicted molar refractivity (Wildman–Crippen MR) is 98.5 cm³/mol. The van der Waals surface area contributed by atoms with E-state index in [1.165, 1.54) is 0 Å². The van der Waals surface area contributed by atoms with Gasteiger partial charge in [0.05, 0.1) is 0 Å². The molecule has 1 aliphatic rings. The van der Waals surface area contributed by atoms with Crippen molar-refractivity contribution in [2.24, 2.45) is 0 Å². The summed E-state index contributed by atoms with van der Waals surface area (Å²) < 4.78 is 12.6. The van der Waals surface area contributed by atoms with Crippen LogP contribution in [0.4, 0.5) is 0 Å². The van der Waals surface area contributed by atoms with Crippen LogP contribution in [0.2, 0.25) is 0 Å². The highest BCUT2D eigenvalue weighted by Gasteiger charge is 2.31. The maximum absolute atomic E-state index is 6.30. The van der Waals surface area contributed by atoms with Crippen LogP contribution in [0.15, 0.2) is 95.4 Å². The molecule has 0 saturated heterocycles. The van der Waals surface area contributed by atoms with Crippen molar-refractivity contribution in [3.8, 4) is 28.2 Å². The molecule has 2 nitrogen and oxygen atoms in total. The molecule has 3 aromatic carbocycles. The lowest BCUT2D eigenvalue weighted by Crippen LogP contribution is -2.13. The molecule has 1 aliphatic heterocycles. The van der Waals surface area contributed by atoms with Gasteiger partial charge in [-0.3, -0.25) is 0 Å². The Morgan fingerprint density at radius 3 is 2.12 bits per heavy atom. The first-order valence-corrected chi connectivity index (χ1v) is 8.40. The zero-order valence-corrected chi connectivity index (χ0v) is 13.6. The van der Waals surface area contributed by atoms with E-state index in [0.717, 1.165) is 39.5 Å². The van der Waals surface area contributed by atoms with E-state index in [1.807, 2.05) is 54.6 Å². The number of fused-ring (bicyclic) bond motifs is 3. The van der Waals surface area contributed by atoms with E-state index in [0.29, 0.717) is 0 Å². The maximum Gasteiger partial charge on any atom is 0.182 e. The summed E-state index contributed by atoms with van der Waals surface area (Å²) in [5.41, 5.74) is 4.35. The van der Waals surface area contributed by atoms with Gasteiger partial charge in [0.15, 0.2) is 11.9 Å². The normalized spacial score (nSPS) is 15.1. The van der Waals surface area contributed by atoms with Crippen molar-refractivity contribution < 1.29 is 9.15 Å². The minimum absolute atomic E-state index is 0.233. The van der Waals surface area contributed by atoms with Crippen molar-refractivity contribution in [3.05, 3.63) is 102 Å². The van der Waals surface area contributed by atoms with Crippen LogP contribution in [0.25, 0.3) is 22.5 Å². The summed E-state index contributed by atoms with van der Waals surface area (Å²) in [5.74, 6) is 2.62. The van der Waals surface area contributed by atoms with E-state index in [2.05, 4.69) is 36.4 Å². The van der Waals surface area contributed by atoms with Gasteiger partial charge in [0, 0.05) is 22.3 Å². The van der Waals surface area contributed by atoms with Crippen LogP contribution in [0.1, 0.15) is 17.4 Å². The number of rotatable bonds is 2. The molecule has 5 rings (SSSR count). The van der Waals surface area contributed by atoms with Gasteiger partial charge in [-0.25, -0.2) is 0 Å². The van der Waals surface area contributed by atoms with E-state index >= 15 is 0 Å². The van der Waals surface area contributed by atoms with Gasteiger partial charge in [0.25, 0.3) is 0 Å². The average molecular weight is 324 g/mol. The number of para-hydroxylation sites is 1. The molecule has 2 heteroatoms.